The lowest BCUT2D eigenvalue weighted by molar-refractivity contribution is 0.412. The maximum atomic E-state index is 5.12. The average Bonchev–Trinajstić information content (AvgIpc) is 2.33. The summed E-state index contributed by atoms with van der Waals surface area (Å²) in [6.45, 7) is 1.98. The van der Waals surface area contributed by atoms with Gasteiger partial charge in [-0.3, -0.25) is 0 Å². The van der Waals surface area contributed by atoms with E-state index in [4.69, 9.17) is 6.42 Å². The van der Waals surface area contributed by atoms with Crippen molar-refractivity contribution in [3.63, 3.8) is 0 Å². The Morgan fingerprint density at radius 2 is 2.67 bits per heavy atom. The smallest absolute Gasteiger partial charge is 0.139 e. The summed E-state index contributed by atoms with van der Waals surface area (Å²) < 4.78 is 4.63. The second-order valence-corrected chi connectivity index (χ2v) is 1.67. The number of terminal acetylenes is 1. The second-order valence-electron chi connectivity index (χ2n) is 1.67. The van der Waals surface area contributed by atoms with Gasteiger partial charge in [-0.05, 0) is 6.42 Å². The summed E-state index contributed by atoms with van der Waals surface area (Å²) in [5.74, 6) is 2.47. The van der Waals surface area contributed by atoms with Crippen LogP contribution in [-0.2, 0) is 6.42 Å². The van der Waals surface area contributed by atoms with Gasteiger partial charge in [-0.15, -0.1) is 6.42 Å². The first-order chi connectivity index (χ1) is 4.38. The largest absolute Gasteiger partial charge is 0.363 e. The quantitative estimate of drug-likeness (QED) is 0.522. The number of aryl methyl sites for hydroxylation is 1. The van der Waals surface area contributed by atoms with E-state index in [0.717, 1.165) is 17.7 Å². The van der Waals surface area contributed by atoms with Crippen LogP contribution < -0.4 is 0 Å². The molecule has 0 aromatic carbocycles. The summed E-state index contributed by atoms with van der Waals surface area (Å²) in [6, 6.07) is 0. The molecule has 0 atom stereocenters. The Hall–Kier alpha value is -1.23. The number of rotatable bonds is 1. The highest BCUT2D eigenvalue weighted by Crippen LogP contribution is 2.03. The molecular weight excluding hydrogens is 114 g/mol. The summed E-state index contributed by atoms with van der Waals surface area (Å²) in [5, 5.41) is 3.69. The van der Waals surface area contributed by atoms with E-state index in [9.17, 15) is 0 Å². The molecule has 0 saturated carbocycles. The second kappa shape index (κ2) is 2.36. The zero-order valence-electron chi connectivity index (χ0n) is 5.22. The molecule has 9 heavy (non-hydrogen) atoms. The summed E-state index contributed by atoms with van der Waals surface area (Å²) in [7, 11) is 0. The first-order valence-electron chi connectivity index (χ1n) is 2.78. The zero-order chi connectivity index (χ0) is 6.69. The molecule has 0 bridgehead atoms. The molecule has 0 unspecified atom stereocenters. The molecule has 0 aliphatic carbocycles. The van der Waals surface area contributed by atoms with Crippen LogP contribution in [0.25, 0.3) is 0 Å². The monoisotopic (exact) mass is 121 g/mol. The van der Waals surface area contributed by atoms with Crippen molar-refractivity contribution in [1.82, 2.24) is 5.16 Å². The van der Waals surface area contributed by atoms with Crippen LogP contribution in [-0.4, -0.2) is 5.16 Å². The Kier molecular flexibility index (Phi) is 1.55. The van der Waals surface area contributed by atoms with E-state index in [-0.39, 0.29) is 0 Å². The number of hydrogen-bond acceptors (Lipinski definition) is 2. The topological polar surface area (TPSA) is 26.0 Å². The van der Waals surface area contributed by atoms with Gasteiger partial charge in [-0.2, -0.15) is 0 Å². The molecular formula is C7H7NO. The maximum Gasteiger partial charge on any atom is 0.139 e. The van der Waals surface area contributed by atoms with Crippen molar-refractivity contribution in [2.24, 2.45) is 0 Å². The van der Waals surface area contributed by atoms with Crippen LogP contribution in [0.3, 0.4) is 0 Å². The van der Waals surface area contributed by atoms with Crippen LogP contribution in [0.4, 0.5) is 0 Å². The SMILES string of the molecule is C#Cc1conc1CC. The molecule has 1 rings (SSSR count). The van der Waals surface area contributed by atoms with Gasteiger partial charge in [-0.25, -0.2) is 0 Å². The van der Waals surface area contributed by atoms with Crippen molar-refractivity contribution < 1.29 is 4.52 Å². The van der Waals surface area contributed by atoms with E-state index >= 15 is 0 Å². The van der Waals surface area contributed by atoms with Crippen LogP contribution in [0.1, 0.15) is 18.2 Å². The van der Waals surface area contributed by atoms with Crippen LogP contribution >= 0.6 is 0 Å². The fraction of sp³-hybridized carbons (Fsp3) is 0.286. The lowest BCUT2D eigenvalue weighted by Gasteiger charge is -1.82. The summed E-state index contributed by atoms with van der Waals surface area (Å²) in [6.07, 6.45) is 7.44. The highest BCUT2D eigenvalue weighted by Gasteiger charge is 1.99. The van der Waals surface area contributed by atoms with Crippen LogP contribution in [0, 0.1) is 12.3 Å². The molecule has 0 aliphatic heterocycles. The van der Waals surface area contributed by atoms with Gasteiger partial charge in [-0.1, -0.05) is 18.0 Å². The van der Waals surface area contributed by atoms with E-state index in [1.165, 1.54) is 6.26 Å². The van der Waals surface area contributed by atoms with E-state index < -0.39 is 0 Å². The molecule has 1 aromatic heterocycles. The minimum absolute atomic E-state index is 0.762. The van der Waals surface area contributed by atoms with Crippen molar-refractivity contribution in [2.75, 3.05) is 0 Å². The molecule has 0 spiro atoms. The van der Waals surface area contributed by atoms with E-state index in [2.05, 4.69) is 15.6 Å². The third-order valence-corrected chi connectivity index (χ3v) is 1.13. The Bertz CT molecular complexity index is 231. The normalized spacial score (nSPS) is 8.89. The van der Waals surface area contributed by atoms with Gasteiger partial charge in [0.25, 0.3) is 0 Å². The van der Waals surface area contributed by atoms with Crippen molar-refractivity contribution in [1.29, 1.82) is 0 Å². The predicted octanol–water partition coefficient (Wildman–Crippen LogP) is 1.22. The molecule has 1 heterocycles. The fourth-order valence-electron chi connectivity index (χ4n) is 0.632. The Labute approximate surface area is 53.9 Å². The number of aromatic nitrogens is 1. The standard InChI is InChI=1S/C7H7NO/c1-3-6-5-9-8-7(6)4-2/h1,5H,4H2,2H3. The van der Waals surface area contributed by atoms with Gasteiger partial charge in [0.2, 0.25) is 0 Å². The highest BCUT2D eigenvalue weighted by molar-refractivity contribution is 5.32. The molecule has 0 saturated heterocycles. The minimum Gasteiger partial charge on any atom is -0.363 e. The molecule has 1 aromatic rings. The van der Waals surface area contributed by atoms with Crippen LogP contribution in [0.2, 0.25) is 0 Å². The van der Waals surface area contributed by atoms with E-state index in [1.54, 1.807) is 0 Å². The third kappa shape index (κ3) is 0.945. The predicted molar refractivity (Wildman–Crippen MR) is 33.8 cm³/mol. The zero-order valence-corrected chi connectivity index (χ0v) is 5.22. The van der Waals surface area contributed by atoms with Crippen LogP contribution in [0.5, 0.6) is 0 Å². The van der Waals surface area contributed by atoms with Gasteiger partial charge in [0, 0.05) is 0 Å². The third-order valence-electron chi connectivity index (χ3n) is 1.13. The lowest BCUT2D eigenvalue weighted by Crippen LogP contribution is -1.81. The maximum absolute atomic E-state index is 5.12. The van der Waals surface area contributed by atoms with Crippen LogP contribution in [0.15, 0.2) is 10.8 Å². The molecule has 0 fully saturated rings. The first-order valence-corrected chi connectivity index (χ1v) is 2.78. The molecule has 0 radical (unpaired) electrons. The highest BCUT2D eigenvalue weighted by atomic mass is 16.5. The van der Waals surface area contributed by atoms with Gasteiger partial charge >= 0.3 is 0 Å². The molecule has 2 nitrogen and oxygen atoms in total. The summed E-state index contributed by atoms with van der Waals surface area (Å²) in [5.41, 5.74) is 1.62. The van der Waals surface area contributed by atoms with Gasteiger partial charge < -0.3 is 4.52 Å². The summed E-state index contributed by atoms with van der Waals surface area (Å²) in [4.78, 5) is 0. The lowest BCUT2D eigenvalue weighted by atomic mass is 10.2. The van der Waals surface area contributed by atoms with E-state index in [1.807, 2.05) is 6.92 Å². The first kappa shape index (κ1) is 5.90. The minimum atomic E-state index is 0.762. The molecule has 0 N–H and O–H groups in total. The molecule has 2 heteroatoms. The molecule has 46 valence electrons. The fourth-order valence-corrected chi connectivity index (χ4v) is 0.632. The Morgan fingerprint density at radius 3 is 3.11 bits per heavy atom. The number of hydrogen-bond donors (Lipinski definition) is 0. The number of nitrogens with zero attached hydrogens (tertiary/aromatic N) is 1. The Morgan fingerprint density at radius 1 is 1.89 bits per heavy atom. The van der Waals surface area contributed by atoms with Gasteiger partial charge in [0.05, 0.1) is 11.3 Å². The van der Waals surface area contributed by atoms with Crippen molar-refractivity contribution >= 4 is 0 Å². The van der Waals surface area contributed by atoms with Gasteiger partial charge in [0.15, 0.2) is 0 Å². The molecule has 0 amide bonds. The van der Waals surface area contributed by atoms with E-state index in [0.29, 0.717) is 0 Å². The van der Waals surface area contributed by atoms with Crippen molar-refractivity contribution in [3.8, 4) is 12.3 Å². The average molecular weight is 121 g/mol. The summed E-state index contributed by atoms with van der Waals surface area (Å²) >= 11 is 0. The van der Waals surface area contributed by atoms with Gasteiger partial charge in [0.1, 0.15) is 6.26 Å². The molecule has 0 aliphatic rings. The Balaban J connectivity index is 3.02. The van der Waals surface area contributed by atoms with Crippen molar-refractivity contribution in [3.05, 3.63) is 17.5 Å². The van der Waals surface area contributed by atoms with Crippen molar-refractivity contribution in [2.45, 2.75) is 13.3 Å².